The molecule has 0 unspecified atom stereocenters. The fourth-order valence-corrected chi connectivity index (χ4v) is 2.38. The number of nitrogens with two attached hydrogens (primary N) is 1. The highest BCUT2D eigenvalue weighted by molar-refractivity contribution is 5.89. The zero-order valence-electron chi connectivity index (χ0n) is 10.3. The normalized spacial score (nSPS) is 18.7. The number of hydrogen-bond donors (Lipinski definition) is 1. The molecule has 1 aliphatic heterocycles. The summed E-state index contributed by atoms with van der Waals surface area (Å²) in [4.78, 5) is 10.4. The smallest absolute Gasteiger partial charge is 0.251 e. The summed E-state index contributed by atoms with van der Waals surface area (Å²) in [6.45, 7) is 0.615. The van der Waals surface area contributed by atoms with E-state index < -0.39 is 5.92 Å². The highest BCUT2D eigenvalue weighted by atomic mass is 19.3. The van der Waals surface area contributed by atoms with E-state index in [0.717, 1.165) is 5.69 Å². The second-order valence-corrected chi connectivity index (χ2v) is 4.78. The lowest BCUT2D eigenvalue weighted by Gasteiger charge is -2.33. The number of fused-ring (bicyclic) bond motifs is 1. The molecular weight excluding hydrogens is 250 g/mol. The van der Waals surface area contributed by atoms with Crippen LogP contribution in [0, 0.1) is 0 Å². The Labute approximate surface area is 109 Å². The first-order chi connectivity index (χ1) is 9.05. The number of rotatable bonds is 1. The van der Waals surface area contributed by atoms with E-state index in [4.69, 9.17) is 5.73 Å². The van der Waals surface area contributed by atoms with Crippen LogP contribution in [-0.2, 0) is 0 Å². The Kier molecular flexibility index (Phi) is 2.73. The third-order valence-corrected chi connectivity index (χ3v) is 3.40. The van der Waals surface area contributed by atoms with Gasteiger partial charge in [0.15, 0.2) is 0 Å². The maximum atomic E-state index is 13.2. The van der Waals surface area contributed by atoms with Gasteiger partial charge >= 0.3 is 0 Å². The second-order valence-electron chi connectivity index (χ2n) is 4.78. The van der Waals surface area contributed by atoms with Crippen molar-refractivity contribution < 1.29 is 8.78 Å². The number of pyridine rings is 2. The number of aromatic nitrogens is 2. The predicted molar refractivity (Wildman–Crippen MR) is 70.3 cm³/mol. The molecule has 1 saturated heterocycles. The fraction of sp³-hybridized carbons (Fsp3) is 0.385. The summed E-state index contributed by atoms with van der Waals surface area (Å²) in [6.07, 6.45) is 1.40. The van der Waals surface area contributed by atoms with Gasteiger partial charge in [0.1, 0.15) is 11.3 Å². The Morgan fingerprint density at radius 1 is 1.26 bits per heavy atom. The van der Waals surface area contributed by atoms with Crippen LogP contribution in [0.1, 0.15) is 12.8 Å². The summed E-state index contributed by atoms with van der Waals surface area (Å²) < 4.78 is 26.4. The van der Waals surface area contributed by atoms with Gasteiger partial charge in [0.05, 0.1) is 11.2 Å². The third kappa shape index (κ3) is 2.30. The molecule has 0 atom stereocenters. The molecule has 3 rings (SSSR count). The minimum absolute atomic E-state index is 0.135. The van der Waals surface area contributed by atoms with Gasteiger partial charge in [0.2, 0.25) is 0 Å². The van der Waals surface area contributed by atoms with E-state index in [2.05, 4.69) is 9.97 Å². The Morgan fingerprint density at radius 2 is 2.00 bits per heavy atom. The summed E-state index contributed by atoms with van der Waals surface area (Å²) in [6, 6.07) is 5.31. The highest BCUT2D eigenvalue weighted by Crippen LogP contribution is 2.33. The van der Waals surface area contributed by atoms with Crippen LogP contribution in [0.25, 0.3) is 11.0 Å². The lowest BCUT2D eigenvalue weighted by Crippen LogP contribution is -2.39. The lowest BCUT2D eigenvalue weighted by atomic mass is 10.1. The summed E-state index contributed by atoms with van der Waals surface area (Å²) in [5.41, 5.74) is 7.96. The number of piperidine rings is 1. The minimum atomic E-state index is -2.56. The van der Waals surface area contributed by atoms with E-state index in [1.807, 2.05) is 11.0 Å². The standard InChI is InChI=1S/C13H14F2N4/c14-13(15)3-6-19(7-4-13)10-8-11(16)18-9-2-1-5-17-12(9)10/h1-2,5,8H,3-4,6-7H2,(H2,16,18). The molecule has 0 aromatic carbocycles. The maximum Gasteiger partial charge on any atom is 0.251 e. The van der Waals surface area contributed by atoms with Crippen molar-refractivity contribution in [3.63, 3.8) is 0 Å². The molecule has 100 valence electrons. The second kappa shape index (κ2) is 4.29. The largest absolute Gasteiger partial charge is 0.384 e. The van der Waals surface area contributed by atoms with E-state index in [-0.39, 0.29) is 12.8 Å². The van der Waals surface area contributed by atoms with Crippen molar-refractivity contribution in [2.24, 2.45) is 0 Å². The van der Waals surface area contributed by atoms with Crippen molar-refractivity contribution in [3.8, 4) is 0 Å². The minimum Gasteiger partial charge on any atom is -0.384 e. The Morgan fingerprint density at radius 3 is 2.74 bits per heavy atom. The van der Waals surface area contributed by atoms with Gasteiger partial charge in [-0.05, 0) is 12.1 Å². The number of alkyl halides is 2. The van der Waals surface area contributed by atoms with Crippen LogP contribution in [0.4, 0.5) is 20.3 Å². The maximum absolute atomic E-state index is 13.2. The molecule has 0 amide bonds. The number of nitrogens with zero attached hydrogens (tertiary/aromatic N) is 3. The summed E-state index contributed by atoms with van der Waals surface area (Å²) in [5, 5.41) is 0. The monoisotopic (exact) mass is 264 g/mol. The molecule has 4 nitrogen and oxygen atoms in total. The molecule has 0 radical (unpaired) electrons. The van der Waals surface area contributed by atoms with Gasteiger partial charge < -0.3 is 10.6 Å². The lowest BCUT2D eigenvalue weighted by molar-refractivity contribution is -0.0220. The number of halogens is 2. The van der Waals surface area contributed by atoms with Crippen LogP contribution in [0.15, 0.2) is 24.4 Å². The number of hydrogen-bond acceptors (Lipinski definition) is 4. The summed E-state index contributed by atoms with van der Waals surface area (Å²) in [7, 11) is 0. The van der Waals surface area contributed by atoms with E-state index >= 15 is 0 Å². The van der Waals surface area contributed by atoms with Gasteiger partial charge in [0, 0.05) is 38.2 Å². The fourth-order valence-electron chi connectivity index (χ4n) is 2.38. The Balaban J connectivity index is 2.01. The zero-order chi connectivity index (χ0) is 13.5. The average molecular weight is 264 g/mol. The van der Waals surface area contributed by atoms with Crippen molar-refractivity contribution in [2.75, 3.05) is 23.7 Å². The van der Waals surface area contributed by atoms with E-state index in [1.165, 1.54) is 0 Å². The van der Waals surface area contributed by atoms with Gasteiger partial charge in [0.25, 0.3) is 5.92 Å². The number of nitrogen functional groups attached to an aromatic ring is 1. The van der Waals surface area contributed by atoms with Crippen molar-refractivity contribution in [1.29, 1.82) is 0 Å². The van der Waals surface area contributed by atoms with Crippen LogP contribution in [-0.4, -0.2) is 29.0 Å². The van der Waals surface area contributed by atoms with Crippen molar-refractivity contribution in [2.45, 2.75) is 18.8 Å². The van der Waals surface area contributed by atoms with Crippen LogP contribution in [0.2, 0.25) is 0 Å². The zero-order valence-corrected chi connectivity index (χ0v) is 10.3. The van der Waals surface area contributed by atoms with Crippen molar-refractivity contribution in [1.82, 2.24) is 9.97 Å². The van der Waals surface area contributed by atoms with E-state index in [1.54, 1.807) is 18.3 Å². The van der Waals surface area contributed by atoms with Gasteiger partial charge in [-0.15, -0.1) is 0 Å². The molecule has 19 heavy (non-hydrogen) atoms. The third-order valence-electron chi connectivity index (χ3n) is 3.40. The molecule has 1 fully saturated rings. The molecule has 0 aliphatic carbocycles. The van der Waals surface area contributed by atoms with Crippen LogP contribution < -0.4 is 10.6 Å². The van der Waals surface area contributed by atoms with Gasteiger partial charge in [-0.3, -0.25) is 4.98 Å². The summed E-state index contributed by atoms with van der Waals surface area (Å²) in [5.74, 6) is -2.17. The van der Waals surface area contributed by atoms with Gasteiger partial charge in [-0.1, -0.05) is 0 Å². The molecule has 2 aromatic rings. The number of anilines is 2. The SMILES string of the molecule is Nc1cc(N2CCC(F)(F)CC2)c2ncccc2n1. The van der Waals surface area contributed by atoms with E-state index in [0.29, 0.717) is 29.9 Å². The Bertz CT molecular complexity index is 605. The topological polar surface area (TPSA) is 55.0 Å². The first-order valence-corrected chi connectivity index (χ1v) is 6.19. The average Bonchev–Trinajstić information content (AvgIpc) is 2.38. The molecule has 0 bridgehead atoms. The molecular formula is C13H14F2N4. The molecule has 3 heterocycles. The molecule has 1 aliphatic rings. The van der Waals surface area contributed by atoms with Crippen molar-refractivity contribution in [3.05, 3.63) is 24.4 Å². The van der Waals surface area contributed by atoms with Gasteiger partial charge in [-0.2, -0.15) is 0 Å². The molecule has 6 heteroatoms. The molecule has 2 N–H and O–H groups in total. The van der Waals surface area contributed by atoms with Crippen molar-refractivity contribution >= 4 is 22.5 Å². The highest BCUT2D eigenvalue weighted by Gasteiger charge is 2.34. The van der Waals surface area contributed by atoms with Crippen LogP contribution in [0.3, 0.4) is 0 Å². The molecule has 2 aromatic heterocycles. The first kappa shape index (κ1) is 12.1. The Hall–Kier alpha value is -1.98. The molecule has 0 spiro atoms. The quantitative estimate of drug-likeness (QED) is 0.859. The van der Waals surface area contributed by atoms with E-state index in [9.17, 15) is 8.78 Å². The van der Waals surface area contributed by atoms with Crippen LogP contribution >= 0.6 is 0 Å². The van der Waals surface area contributed by atoms with Crippen LogP contribution in [0.5, 0.6) is 0 Å². The summed E-state index contributed by atoms with van der Waals surface area (Å²) >= 11 is 0. The van der Waals surface area contributed by atoms with Gasteiger partial charge in [-0.25, -0.2) is 13.8 Å². The molecule has 0 saturated carbocycles. The predicted octanol–water partition coefficient (Wildman–Crippen LogP) is 2.45. The first-order valence-electron chi connectivity index (χ1n) is 6.19.